The number of para-hydroxylation sites is 1. The van der Waals surface area contributed by atoms with Crippen molar-refractivity contribution in [2.24, 2.45) is 0 Å². The minimum atomic E-state index is -0.542. The molecular formula is C26H28FN3O2. The van der Waals surface area contributed by atoms with Gasteiger partial charge in [-0.05, 0) is 70.9 Å². The number of hydrogen-bond acceptors (Lipinski definition) is 4. The van der Waals surface area contributed by atoms with Crippen molar-refractivity contribution in [2.45, 2.75) is 57.7 Å². The van der Waals surface area contributed by atoms with Crippen LogP contribution in [0.4, 0.5) is 4.39 Å². The van der Waals surface area contributed by atoms with Gasteiger partial charge < -0.3 is 9.47 Å². The Kier molecular flexibility index (Phi) is 5.56. The molecule has 1 fully saturated rings. The van der Waals surface area contributed by atoms with Crippen molar-refractivity contribution < 1.29 is 13.9 Å². The van der Waals surface area contributed by atoms with E-state index in [4.69, 9.17) is 14.5 Å². The number of halogens is 1. The summed E-state index contributed by atoms with van der Waals surface area (Å²) in [6, 6.07) is 14.1. The fourth-order valence-corrected chi connectivity index (χ4v) is 4.71. The summed E-state index contributed by atoms with van der Waals surface area (Å²) in [5.41, 5.74) is 1.78. The molecule has 3 aromatic rings. The van der Waals surface area contributed by atoms with Crippen molar-refractivity contribution in [2.75, 3.05) is 7.11 Å². The molecule has 5 nitrogen and oxygen atoms in total. The lowest BCUT2D eigenvalue weighted by atomic mass is 9.78. The highest BCUT2D eigenvalue weighted by Crippen LogP contribution is 2.45. The van der Waals surface area contributed by atoms with E-state index in [1.807, 2.05) is 41.1 Å². The van der Waals surface area contributed by atoms with Crippen LogP contribution in [0.25, 0.3) is 17.1 Å². The summed E-state index contributed by atoms with van der Waals surface area (Å²) in [6.45, 7) is 8.44. The third kappa shape index (κ3) is 4.01. The Morgan fingerprint density at radius 1 is 1.19 bits per heavy atom. The molecule has 1 aliphatic heterocycles. The minimum absolute atomic E-state index is 0.00759. The number of benzene rings is 2. The van der Waals surface area contributed by atoms with Crippen LogP contribution in [-0.4, -0.2) is 27.9 Å². The number of aromatic nitrogens is 2. The first-order chi connectivity index (χ1) is 15.1. The van der Waals surface area contributed by atoms with Crippen LogP contribution in [0.5, 0.6) is 5.75 Å². The standard InChI is InChI=1S/C26H28FN3O2/c1-25(2)13-12-20(26(3,4)32-25)22-16-30(18-10-11-21(27)17(14-18)15-28)24(29-22)19-8-6-7-9-23(19)31-5/h6-11,14,16,20H,12-13H2,1-5H3. The summed E-state index contributed by atoms with van der Waals surface area (Å²) in [4.78, 5) is 5.04. The van der Waals surface area contributed by atoms with Crippen LogP contribution in [-0.2, 0) is 4.74 Å². The molecule has 6 heteroatoms. The van der Waals surface area contributed by atoms with E-state index in [-0.39, 0.29) is 17.1 Å². The number of nitriles is 1. The van der Waals surface area contributed by atoms with Crippen LogP contribution >= 0.6 is 0 Å². The highest BCUT2D eigenvalue weighted by Gasteiger charge is 2.43. The number of rotatable bonds is 4. The molecule has 1 aliphatic rings. The summed E-state index contributed by atoms with van der Waals surface area (Å²) in [5, 5.41) is 9.33. The van der Waals surface area contributed by atoms with Gasteiger partial charge >= 0.3 is 0 Å². The molecule has 1 unspecified atom stereocenters. The summed E-state index contributed by atoms with van der Waals surface area (Å²) in [7, 11) is 1.62. The summed E-state index contributed by atoms with van der Waals surface area (Å²) in [6.07, 6.45) is 3.84. The van der Waals surface area contributed by atoms with E-state index >= 15 is 0 Å². The van der Waals surface area contributed by atoms with Gasteiger partial charge in [0.15, 0.2) is 0 Å². The molecule has 0 N–H and O–H groups in total. The summed E-state index contributed by atoms with van der Waals surface area (Å²) in [5.74, 6) is 0.906. The zero-order valence-electron chi connectivity index (χ0n) is 19.1. The molecule has 166 valence electrons. The normalized spacial score (nSPS) is 19.3. The van der Waals surface area contributed by atoms with Crippen LogP contribution in [0.2, 0.25) is 0 Å². The Labute approximate surface area is 188 Å². The quantitative estimate of drug-likeness (QED) is 0.506. The zero-order chi connectivity index (χ0) is 23.1. The second-order valence-electron chi connectivity index (χ2n) is 9.39. The number of methoxy groups -OCH3 is 1. The maximum absolute atomic E-state index is 14.0. The summed E-state index contributed by atoms with van der Waals surface area (Å²) < 4.78 is 27.9. The van der Waals surface area contributed by atoms with Gasteiger partial charge in [-0.3, -0.25) is 4.57 Å². The lowest BCUT2D eigenvalue weighted by Gasteiger charge is -2.46. The second kappa shape index (κ2) is 8.07. The van der Waals surface area contributed by atoms with Crippen LogP contribution in [0.15, 0.2) is 48.7 Å². The van der Waals surface area contributed by atoms with Gasteiger partial charge in [0.2, 0.25) is 0 Å². The molecular weight excluding hydrogens is 405 g/mol. The third-order valence-electron chi connectivity index (χ3n) is 6.19. The average Bonchev–Trinajstić information content (AvgIpc) is 3.17. The van der Waals surface area contributed by atoms with Gasteiger partial charge in [0, 0.05) is 17.8 Å². The van der Waals surface area contributed by atoms with E-state index in [1.54, 1.807) is 19.2 Å². The first-order valence-electron chi connectivity index (χ1n) is 10.8. The monoisotopic (exact) mass is 433 g/mol. The Balaban J connectivity index is 1.89. The number of nitrogens with zero attached hydrogens (tertiary/aromatic N) is 3. The fourth-order valence-electron chi connectivity index (χ4n) is 4.71. The molecule has 32 heavy (non-hydrogen) atoms. The van der Waals surface area contributed by atoms with Gasteiger partial charge in [-0.25, -0.2) is 9.37 Å². The van der Waals surface area contributed by atoms with Gasteiger partial charge in [-0.1, -0.05) is 12.1 Å². The molecule has 1 aromatic heterocycles. The van der Waals surface area contributed by atoms with Crippen molar-refractivity contribution in [3.63, 3.8) is 0 Å². The second-order valence-corrected chi connectivity index (χ2v) is 9.39. The van der Waals surface area contributed by atoms with Crippen LogP contribution in [0.1, 0.15) is 57.7 Å². The molecule has 0 bridgehead atoms. The molecule has 0 saturated carbocycles. The van der Waals surface area contributed by atoms with Gasteiger partial charge in [-0.2, -0.15) is 5.26 Å². The number of ether oxygens (including phenoxy) is 2. The SMILES string of the molecule is COc1ccccc1-c1nc(C2CCC(C)(C)OC2(C)C)cn1-c1ccc(F)c(C#N)c1. The van der Waals surface area contributed by atoms with Crippen LogP contribution in [0, 0.1) is 17.1 Å². The molecule has 4 rings (SSSR count). The maximum atomic E-state index is 14.0. The Hall–Kier alpha value is -3.17. The van der Waals surface area contributed by atoms with Crippen molar-refractivity contribution >= 4 is 0 Å². The Morgan fingerprint density at radius 3 is 2.62 bits per heavy atom. The smallest absolute Gasteiger partial charge is 0.148 e. The predicted molar refractivity (Wildman–Crippen MR) is 121 cm³/mol. The first-order valence-corrected chi connectivity index (χ1v) is 10.8. The van der Waals surface area contributed by atoms with Gasteiger partial charge in [-0.15, -0.1) is 0 Å². The topological polar surface area (TPSA) is 60.1 Å². The molecule has 1 atom stereocenters. The average molecular weight is 434 g/mol. The molecule has 1 saturated heterocycles. The zero-order valence-corrected chi connectivity index (χ0v) is 19.1. The molecule has 0 aliphatic carbocycles. The van der Waals surface area contributed by atoms with Crippen LogP contribution < -0.4 is 4.74 Å². The Morgan fingerprint density at radius 2 is 1.94 bits per heavy atom. The van der Waals surface area contributed by atoms with Crippen molar-refractivity contribution in [1.29, 1.82) is 5.26 Å². The lowest BCUT2D eigenvalue weighted by Crippen LogP contribution is -2.46. The number of imidazole rings is 1. The largest absolute Gasteiger partial charge is 0.496 e. The van der Waals surface area contributed by atoms with Crippen molar-refractivity contribution in [3.05, 3.63) is 65.7 Å². The lowest BCUT2D eigenvalue weighted by molar-refractivity contribution is -0.167. The van der Waals surface area contributed by atoms with E-state index in [9.17, 15) is 9.65 Å². The highest BCUT2D eigenvalue weighted by molar-refractivity contribution is 5.67. The van der Waals surface area contributed by atoms with Crippen LogP contribution in [0.3, 0.4) is 0 Å². The summed E-state index contributed by atoms with van der Waals surface area (Å²) >= 11 is 0. The molecule has 2 heterocycles. The Bertz CT molecular complexity index is 1190. The van der Waals surface area contributed by atoms with E-state index in [0.717, 1.165) is 24.1 Å². The number of hydrogen-bond donors (Lipinski definition) is 0. The minimum Gasteiger partial charge on any atom is -0.496 e. The first kappa shape index (κ1) is 22.0. The van der Waals surface area contributed by atoms with Gasteiger partial charge in [0.1, 0.15) is 23.5 Å². The van der Waals surface area contributed by atoms with E-state index in [0.29, 0.717) is 17.3 Å². The fraction of sp³-hybridized carbons (Fsp3) is 0.385. The predicted octanol–water partition coefficient (Wildman–Crippen LogP) is 6.01. The van der Waals surface area contributed by atoms with Gasteiger partial charge in [0.25, 0.3) is 0 Å². The third-order valence-corrected chi connectivity index (χ3v) is 6.19. The maximum Gasteiger partial charge on any atom is 0.148 e. The highest BCUT2D eigenvalue weighted by atomic mass is 19.1. The van der Waals surface area contributed by atoms with E-state index in [2.05, 4.69) is 27.7 Å². The van der Waals surface area contributed by atoms with Gasteiger partial charge in [0.05, 0.1) is 35.1 Å². The van der Waals surface area contributed by atoms with Crippen molar-refractivity contribution in [1.82, 2.24) is 9.55 Å². The van der Waals surface area contributed by atoms with E-state index < -0.39 is 11.4 Å². The molecule has 0 amide bonds. The van der Waals surface area contributed by atoms with E-state index in [1.165, 1.54) is 6.07 Å². The van der Waals surface area contributed by atoms with Crippen molar-refractivity contribution in [3.8, 4) is 28.9 Å². The molecule has 0 radical (unpaired) electrons. The molecule has 2 aromatic carbocycles. The molecule has 0 spiro atoms.